The van der Waals surface area contributed by atoms with E-state index >= 15 is 0 Å². The summed E-state index contributed by atoms with van der Waals surface area (Å²) >= 11 is 0. The molecule has 0 radical (unpaired) electrons. The highest BCUT2D eigenvalue weighted by atomic mass is 16.5. The summed E-state index contributed by atoms with van der Waals surface area (Å²) < 4.78 is 5.71. The third-order valence-electron chi connectivity index (χ3n) is 2.95. The molecule has 0 bridgehead atoms. The first-order chi connectivity index (χ1) is 9.81. The lowest BCUT2D eigenvalue weighted by Crippen LogP contribution is -2.07. The standard InChI is InChI=1S/C18H18O2/c1-2-8-16-11-6-7-12-18(16)20-14-13-17(19)15-9-4-3-5-10-15/h2-12H,13-14H2,1H3/b8-2+. The zero-order valence-corrected chi connectivity index (χ0v) is 11.6. The van der Waals surface area contributed by atoms with E-state index in [2.05, 4.69) is 0 Å². The largest absolute Gasteiger partial charge is 0.492 e. The van der Waals surface area contributed by atoms with E-state index in [1.165, 1.54) is 0 Å². The third kappa shape index (κ3) is 3.82. The number of Topliss-reactive ketones (excluding diaryl/α,β-unsaturated/α-hetero) is 1. The highest BCUT2D eigenvalue weighted by Crippen LogP contribution is 2.19. The molecule has 2 nitrogen and oxygen atoms in total. The molecular formula is C18H18O2. The molecule has 0 aromatic heterocycles. The van der Waals surface area contributed by atoms with Crippen LogP contribution in [0.25, 0.3) is 6.08 Å². The van der Waals surface area contributed by atoms with E-state index in [0.717, 1.165) is 16.9 Å². The molecule has 2 heteroatoms. The van der Waals surface area contributed by atoms with Gasteiger partial charge in [0, 0.05) is 17.5 Å². The van der Waals surface area contributed by atoms with Crippen molar-refractivity contribution in [1.29, 1.82) is 0 Å². The monoisotopic (exact) mass is 266 g/mol. The van der Waals surface area contributed by atoms with Crippen molar-refractivity contribution >= 4 is 11.9 Å². The van der Waals surface area contributed by atoms with E-state index in [1.54, 1.807) is 0 Å². The summed E-state index contributed by atoms with van der Waals surface area (Å²) in [4.78, 5) is 12.0. The smallest absolute Gasteiger partial charge is 0.166 e. The van der Waals surface area contributed by atoms with Gasteiger partial charge in [-0.15, -0.1) is 0 Å². The van der Waals surface area contributed by atoms with Crippen LogP contribution in [0.2, 0.25) is 0 Å². The highest BCUT2D eigenvalue weighted by molar-refractivity contribution is 5.96. The molecule has 0 saturated heterocycles. The minimum absolute atomic E-state index is 0.106. The lowest BCUT2D eigenvalue weighted by molar-refractivity contribution is 0.0962. The average molecular weight is 266 g/mol. The SMILES string of the molecule is C/C=C/c1ccccc1OCCC(=O)c1ccccc1. The molecule has 0 N–H and O–H groups in total. The van der Waals surface area contributed by atoms with Crippen molar-refractivity contribution in [3.63, 3.8) is 0 Å². The molecule has 0 fully saturated rings. The Bertz CT molecular complexity index is 585. The van der Waals surface area contributed by atoms with Crippen LogP contribution >= 0.6 is 0 Å². The molecule has 20 heavy (non-hydrogen) atoms. The van der Waals surface area contributed by atoms with Gasteiger partial charge in [0.15, 0.2) is 5.78 Å². The maximum atomic E-state index is 12.0. The molecular weight excluding hydrogens is 248 g/mol. The van der Waals surface area contributed by atoms with Crippen LogP contribution in [0, 0.1) is 0 Å². The van der Waals surface area contributed by atoms with Gasteiger partial charge in [0.2, 0.25) is 0 Å². The van der Waals surface area contributed by atoms with Crippen molar-refractivity contribution in [3.8, 4) is 5.75 Å². The van der Waals surface area contributed by atoms with Gasteiger partial charge in [-0.1, -0.05) is 60.7 Å². The Hall–Kier alpha value is -2.35. The molecule has 0 aliphatic carbocycles. The molecule has 0 unspecified atom stereocenters. The number of rotatable bonds is 6. The van der Waals surface area contributed by atoms with Crippen LogP contribution in [0.5, 0.6) is 5.75 Å². The maximum Gasteiger partial charge on any atom is 0.166 e. The van der Waals surface area contributed by atoms with E-state index in [1.807, 2.05) is 73.7 Å². The Morgan fingerprint density at radius 1 is 1.05 bits per heavy atom. The Balaban J connectivity index is 1.92. The van der Waals surface area contributed by atoms with Crippen LogP contribution in [0.3, 0.4) is 0 Å². The van der Waals surface area contributed by atoms with E-state index in [4.69, 9.17) is 4.74 Å². The van der Waals surface area contributed by atoms with E-state index in [0.29, 0.717) is 13.0 Å². The summed E-state index contributed by atoms with van der Waals surface area (Å²) in [6, 6.07) is 17.1. The number of hydrogen-bond donors (Lipinski definition) is 0. The molecule has 0 atom stereocenters. The first kappa shape index (κ1) is 14.1. The first-order valence-corrected chi connectivity index (χ1v) is 6.74. The van der Waals surface area contributed by atoms with Crippen molar-refractivity contribution in [1.82, 2.24) is 0 Å². The van der Waals surface area contributed by atoms with Crippen molar-refractivity contribution in [2.24, 2.45) is 0 Å². The molecule has 102 valence electrons. The molecule has 0 aliphatic heterocycles. The second-order valence-electron chi connectivity index (χ2n) is 4.43. The Morgan fingerprint density at radius 2 is 1.75 bits per heavy atom. The van der Waals surface area contributed by atoms with Crippen LogP contribution in [0.1, 0.15) is 29.3 Å². The minimum Gasteiger partial charge on any atom is -0.492 e. The lowest BCUT2D eigenvalue weighted by atomic mass is 10.1. The molecule has 0 spiro atoms. The predicted octanol–water partition coefficient (Wildman–Crippen LogP) is 4.37. The van der Waals surface area contributed by atoms with Gasteiger partial charge in [-0.3, -0.25) is 4.79 Å². The molecule has 0 heterocycles. The lowest BCUT2D eigenvalue weighted by Gasteiger charge is -2.08. The van der Waals surface area contributed by atoms with E-state index in [9.17, 15) is 4.79 Å². The molecule has 0 amide bonds. The topological polar surface area (TPSA) is 26.3 Å². The normalized spacial score (nSPS) is 10.7. The number of para-hydroxylation sites is 1. The molecule has 2 aromatic carbocycles. The van der Waals surface area contributed by atoms with Crippen molar-refractivity contribution < 1.29 is 9.53 Å². The third-order valence-corrected chi connectivity index (χ3v) is 2.95. The van der Waals surface area contributed by atoms with Crippen molar-refractivity contribution in [3.05, 3.63) is 71.8 Å². The number of hydrogen-bond acceptors (Lipinski definition) is 2. The van der Waals surface area contributed by atoms with Crippen LogP contribution in [0.15, 0.2) is 60.7 Å². The highest BCUT2D eigenvalue weighted by Gasteiger charge is 2.06. The second kappa shape index (κ2) is 7.29. The number of ketones is 1. The zero-order valence-electron chi connectivity index (χ0n) is 11.6. The van der Waals surface area contributed by atoms with Crippen LogP contribution in [-0.4, -0.2) is 12.4 Å². The fourth-order valence-electron chi connectivity index (χ4n) is 1.95. The number of allylic oxidation sites excluding steroid dienone is 1. The van der Waals surface area contributed by atoms with E-state index < -0.39 is 0 Å². The van der Waals surface area contributed by atoms with Crippen molar-refractivity contribution in [2.45, 2.75) is 13.3 Å². The molecule has 2 aromatic rings. The van der Waals surface area contributed by atoms with Gasteiger partial charge in [-0.2, -0.15) is 0 Å². The average Bonchev–Trinajstić information content (AvgIpc) is 2.50. The predicted molar refractivity (Wildman–Crippen MR) is 82.0 cm³/mol. The number of benzene rings is 2. The summed E-state index contributed by atoms with van der Waals surface area (Å²) in [5, 5.41) is 0. The molecule has 0 aliphatic rings. The quantitative estimate of drug-likeness (QED) is 0.726. The van der Waals surface area contributed by atoms with Crippen LogP contribution in [-0.2, 0) is 0 Å². The summed E-state index contributed by atoms with van der Waals surface area (Å²) in [5.74, 6) is 0.917. The molecule has 0 saturated carbocycles. The Morgan fingerprint density at radius 3 is 2.50 bits per heavy atom. The summed E-state index contributed by atoms with van der Waals surface area (Å²) in [6.07, 6.45) is 4.35. The van der Waals surface area contributed by atoms with Crippen LogP contribution in [0.4, 0.5) is 0 Å². The summed E-state index contributed by atoms with van der Waals surface area (Å²) in [7, 11) is 0. The molecule has 2 rings (SSSR count). The zero-order chi connectivity index (χ0) is 14.2. The first-order valence-electron chi connectivity index (χ1n) is 6.74. The van der Waals surface area contributed by atoms with Gasteiger partial charge in [0.05, 0.1) is 6.61 Å². The Labute approximate surface area is 119 Å². The fraction of sp³-hybridized carbons (Fsp3) is 0.167. The maximum absolute atomic E-state index is 12.0. The van der Waals surface area contributed by atoms with Gasteiger partial charge >= 0.3 is 0 Å². The Kier molecular flexibility index (Phi) is 5.13. The van der Waals surface area contributed by atoms with Crippen molar-refractivity contribution in [2.75, 3.05) is 6.61 Å². The minimum atomic E-state index is 0.106. The second-order valence-corrected chi connectivity index (χ2v) is 4.43. The summed E-state index contributed by atoms with van der Waals surface area (Å²) in [5.41, 5.74) is 1.76. The fourth-order valence-corrected chi connectivity index (χ4v) is 1.95. The van der Waals surface area contributed by atoms with Crippen LogP contribution < -0.4 is 4.74 Å². The number of ether oxygens (including phenoxy) is 1. The van der Waals surface area contributed by atoms with Gasteiger partial charge in [0.1, 0.15) is 5.75 Å². The summed E-state index contributed by atoms with van der Waals surface area (Å²) in [6.45, 7) is 2.36. The van der Waals surface area contributed by atoms with Gasteiger partial charge < -0.3 is 4.74 Å². The number of carbonyl (C=O) groups is 1. The number of carbonyl (C=O) groups excluding carboxylic acids is 1. The van der Waals surface area contributed by atoms with Gasteiger partial charge in [-0.05, 0) is 13.0 Å². The van der Waals surface area contributed by atoms with Gasteiger partial charge in [0.25, 0.3) is 0 Å². The van der Waals surface area contributed by atoms with Gasteiger partial charge in [-0.25, -0.2) is 0 Å². The van der Waals surface area contributed by atoms with E-state index in [-0.39, 0.29) is 5.78 Å².